The van der Waals surface area contributed by atoms with E-state index in [0.717, 1.165) is 10.6 Å². The Labute approximate surface area is 163 Å². The Balaban J connectivity index is 1.81. The molecule has 0 atom stereocenters. The van der Waals surface area contributed by atoms with Crippen LogP contribution in [-0.2, 0) is 21.4 Å². The number of hydrogen-bond donors (Lipinski definition) is 1. The van der Waals surface area contributed by atoms with Crippen LogP contribution in [0.1, 0.15) is 5.76 Å². The standard InChI is InChI=1S/C20H20N2O5S/c1-28(24,25)22(15-20(23)21-14-17-10-7-13-26-17)18-11-5-6-12-19(18)27-16-8-3-2-4-9-16/h2-13H,14-15H2,1H3,(H,21,23). The molecule has 1 aromatic heterocycles. The van der Waals surface area contributed by atoms with Gasteiger partial charge in [-0.2, -0.15) is 0 Å². The first-order valence-electron chi connectivity index (χ1n) is 8.52. The fourth-order valence-corrected chi connectivity index (χ4v) is 3.39. The van der Waals surface area contributed by atoms with Gasteiger partial charge in [0.15, 0.2) is 5.75 Å². The Morgan fingerprint density at radius 1 is 1.04 bits per heavy atom. The highest BCUT2D eigenvalue weighted by molar-refractivity contribution is 7.92. The number of carbonyl (C=O) groups excluding carboxylic acids is 1. The molecule has 3 rings (SSSR count). The molecule has 0 fully saturated rings. The zero-order valence-electron chi connectivity index (χ0n) is 15.2. The van der Waals surface area contributed by atoms with Gasteiger partial charge in [-0.1, -0.05) is 30.3 Å². The predicted molar refractivity (Wildman–Crippen MR) is 106 cm³/mol. The molecule has 2 aromatic carbocycles. The Hall–Kier alpha value is -3.26. The number of hydrogen-bond acceptors (Lipinski definition) is 5. The van der Waals surface area contributed by atoms with Gasteiger partial charge in [0.25, 0.3) is 0 Å². The van der Waals surface area contributed by atoms with E-state index in [0.29, 0.717) is 17.3 Å². The van der Waals surface area contributed by atoms with Crippen LogP contribution in [0.25, 0.3) is 0 Å². The van der Waals surface area contributed by atoms with Crippen molar-refractivity contribution in [3.8, 4) is 11.5 Å². The smallest absolute Gasteiger partial charge is 0.241 e. The molecule has 0 unspecified atom stereocenters. The SMILES string of the molecule is CS(=O)(=O)N(CC(=O)NCc1ccco1)c1ccccc1Oc1ccccc1. The third-order valence-electron chi connectivity index (χ3n) is 3.83. The van der Waals surface area contributed by atoms with Gasteiger partial charge in [0, 0.05) is 0 Å². The van der Waals surface area contributed by atoms with Gasteiger partial charge in [-0.15, -0.1) is 0 Å². The number of carbonyl (C=O) groups is 1. The summed E-state index contributed by atoms with van der Waals surface area (Å²) in [6.07, 6.45) is 2.55. The number of sulfonamides is 1. The van der Waals surface area contributed by atoms with Crippen molar-refractivity contribution in [3.05, 3.63) is 78.8 Å². The summed E-state index contributed by atoms with van der Waals surface area (Å²) >= 11 is 0. The molecule has 3 aromatic rings. The number of nitrogens with zero attached hydrogens (tertiary/aromatic N) is 1. The number of anilines is 1. The average Bonchev–Trinajstić information content (AvgIpc) is 3.19. The van der Waals surface area contributed by atoms with Crippen molar-refractivity contribution in [3.63, 3.8) is 0 Å². The van der Waals surface area contributed by atoms with E-state index in [4.69, 9.17) is 9.15 Å². The lowest BCUT2D eigenvalue weighted by molar-refractivity contribution is -0.119. The number of furan rings is 1. The molecule has 0 saturated carbocycles. The minimum absolute atomic E-state index is 0.172. The normalized spacial score (nSPS) is 11.0. The van der Waals surface area contributed by atoms with Gasteiger partial charge in [0.2, 0.25) is 15.9 Å². The van der Waals surface area contributed by atoms with Crippen LogP contribution in [0.4, 0.5) is 5.69 Å². The summed E-state index contributed by atoms with van der Waals surface area (Å²) in [4.78, 5) is 12.3. The van der Waals surface area contributed by atoms with Crippen LogP contribution < -0.4 is 14.4 Å². The highest BCUT2D eigenvalue weighted by Gasteiger charge is 2.24. The Kier molecular flexibility index (Phi) is 6.00. The second-order valence-corrected chi connectivity index (χ2v) is 7.92. The molecule has 0 aliphatic rings. The summed E-state index contributed by atoms with van der Waals surface area (Å²) in [5, 5.41) is 2.65. The van der Waals surface area contributed by atoms with Crippen LogP contribution in [0, 0.1) is 0 Å². The lowest BCUT2D eigenvalue weighted by Crippen LogP contribution is -2.40. The van der Waals surface area contributed by atoms with Crippen LogP contribution in [-0.4, -0.2) is 27.1 Å². The van der Waals surface area contributed by atoms with Crippen molar-refractivity contribution in [2.75, 3.05) is 17.1 Å². The molecule has 1 heterocycles. The van der Waals surface area contributed by atoms with E-state index in [1.807, 2.05) is 18.2 Å². The van der Waals surface area contributed by atoms with Gasteiger partial charge in [-0.3, -0.25) is 9.10 Å². The van der Waals surface area contributed by atoms with E-state index >= 15 is 0 Å². The van der Waals surface area contributed by atoms with E-state index in [9.17, 15) is 13.2 Å². The summed E-state index contributed by atoms with van der Waals surface area (Å²) in [7, 11) is -3.73. The van der Waals surface area contributed by atoms with Gasteiger partial charge < -0.3 is 14.5 Å². The van der Waals surface area contributed by atoms with Crippen molar-refractivity contribution < 1.29 is 22.4 Å². The summed E-state index contributed by atoms with van der Waals surface area (Å²) in [6, 6.07) is 19.1. The van der Waals surface area contributed by atoms with Gasteiger partial charge in [-0.25, -0.2) is 8.42 Å². The van der Waals surface area contributed by atoms with E-state index in [2.05, 4.69) is 5.32 Å². The Bertz CT molecular complexity index is 1020. The van der Waals surface area contributed by atoms with E-state index in [-0.39, 0.29) is 18.8 Å². The highest BCUT2D eigenvalue weighted by Crippen LogP contribution is 2.33. The van der Waals surface area contributed by atoms with E-state index in [1.54, 1.807) is 48.5 Å². The number of rotatable bonds is 8. The molecule has 0 radical (unpaired) electrons. The molecule has 0 aliphatic carbocycles. The lowest BCUT2D eigenvalue weighted by atomic mass is 10.3. The first-order chi connectivity index (χ1) is 13.4. The molecule has 7 nitrogen and oxygen atoms in total. The Morgan fingerprint density at radius 2 is 1.75 bits per heavy atom. The highest BCUT2D eigenvalue weighted by atomic mass is 32.2. The quantitative estimate of drug-likeness (QED) is 0.627. The zero-order valence-corrected chi connectivity index (χ0v) is 16.1. The number of benzene rings is 2. The fourth-order valence-electron chi connectivity index (χ4n) is 2.53. The summed E-state index contributed by atoms with van der Waals surface area (Å²) in [5.74, 6) is 1.01. The number of ether oxygens (including phenoxy) is 1. The van der Waals surface area contributed by atoms with Crippen LogP contribution in [0.2, 0.25) is 0 Å². The molecule has 0 bridgehead atoms. The fraction of sp³-hybridized carbons (Fsp3) is 0.150. The first-order valence-corrected chi connectivity index (χ1v) is 10.4. The van der Waals surface area contributed by atoms with Crippen LogP contribution in [0.5, 0.6) is 11.5 Å². The summed E-state index contributed by atoms with van der Waals surface area (Å²) in [6.45, 7) is -0.208. The summed E-state index contributed by atoms with van der Waals surface area (Å²) < 4.78 is 36.8. The average molecular weight is 400 g/mol. The third-order valence-corrected chi connectivity index (χ3v) is 4.96. The second-order valence-electron chi connectivity index (χ2n) is 6.01. The van der Waals surface area contributed by atoms with Crippen LogP contribution in [0.3, 0.4) is 0 Å². The number of nitrogens with one attached hydrogen (secondary N) is 1. The van der Waals surface area contributed by atoms with Gasteiger partial charge in [0.05, 0.1) is 24.8 Å². The zero-order chi connectivity index (χ0) is 20.0. The molecular formula is C20H20N2O5S. The topological polar surface area (TPSA) is 88.9 Å². The molecule has 1 N–H and O–H groups in total. The molecule has 8 heteroatoms. The van der Waals surface area contributed by atoms with Crippen LogP contribution in [0.15, 0.2) is 77.4 Å². The summed E-state index contributed by atoms with van der Waals surface area (Å²) in [5.41, 5.74) is 0.280. The van der Waals surface area contributed by atoms with E-state index in [1.165, 1.54) is 6.26 Å². The van der Waals surface area contributed by atoms with E-state index < -0.39 is 15.9 Å². The molecule has 1 amide bonds. The predicted octanol–water partition coefficient (Wildman–Crippen LogP) is 3.15. The van der Waals surface area contributed by atoms with Crippen molar-refractivity contribution in [2.45, 2.75) is 6.54 Å². The minimum atomic E-state index is -3.73. The maximum Gasteiger partial charge on any atom is 0.241 e. The monoisotopic (exact) mass is 400 g/mol. The molecular weight excluding hydrogens is 380 g/mol. The molecule has 0 spiro atoms. The maximum absolute atomic E-state index is 12.4. The van der Waals surface area contributed by atoms with Gasteiger partial charge in [-0.05, 0) is 36.4 Å². The minimum Gasteiger partial charge on any atom is -0.467 e. The number of amides is 1. The first kappa shape index (κ1) is 19.5. The van der Waals surface area contributed by atoms with Crippen LogP contribution >= 0.6 is 0 Å². The van der Waals surface area contributed by atoms with Crippen molar-refractivity contribution in [1.29, 1.82) is 0 Å². The van der Waals surface area contributed by atoms with Crippen molar-refractivity contribution in [1.82, 2.24) is 5.32 Å². The maximum atomic E-state index is 12.4. The Morgan fingerprint density at radius 3 is 2.43 bits per heavy atom. The molecule has 28 heavy (non-hydrogen) atoms. The van der Waals surface area contributed by atoms with Crippen molar-refractivity contribution >= 4 is 21.6 Å². The van der Waals surface area contributed by atoms with Gasteiger partial charge >= 0.3 is 0 Å². The molecule has 0 saturated heterocycles. The lowest BCUT2D eigenvalue weighted by Gasteiger charge is -2.24. The molecule has 146 valence electrons. The largest absolute Gasteiger partial charge is 0.467 e. The second kappa shape index (κ2) is 8.62. The third kappa shape index (κ3) is 5.14. The van der Waals surface area contributed by atoms with Crippen molar-refractivity contribution in [2.24, 2.45) is 0 Å². The number of para-hydroxylation sites is 3. The van der Waals surface area contributed by atoms with Gasteiger partial charge in [0.1, 0.15) is 18.1 Å². The molecule has 0 aliphatic heterocycles.